The van der Waals surface area contributed by atoms with Crippen LogP contribution in [0.4, 0.5) is 0 Å². The Hall–Kier alpha value is -1.67. The van der Waals surface area contributed by atoms with Crippen LogP contribution in [0.25, 0.3) is 11.0 Å². The van der Waals surface area contributed by atoms with Crippen LogP contribution in [0.5, 0.6) is 0 Å². The van der Waals surface area contributed by atoms with Gasteiger partial charge in [-0.25, -0.2) is 18.2 Å². The summed E-state index contributed by atoms with van der Waals surface area (Å²) in [5.41, 5.74) is -1.14. The van der Waals surface area contributed by atoms with Crippen molar-refractivity contribution < 1.29 is 8.42 Å². The van der Waals surface area contributed by atoms with Crippen molar-refractivity contribution in [2.75, 3.05) is 0 Å². The summed E-state index contributed by atoms with van der Waals surface area (Å²) in [5.74, 6) is 0.153. The lowest BCUT2D eigenvalue weighted by molar-refractivity contribution is 0.513. The van der Waals surface area contributed by atoms with Crippen LogP contribution in [-0.2, 0) is 15.6 Å². The van der Waals surface area contributed by atoms with Gasteiger partial charge in [0.05, 0.1) is 5.39 Å². The van der Waals surface area contributed by atoms with Gasteiger partial charge in [0.2, 0.25) is 0 Å². The van der Waals surface area contributed by atoms with Crippen LogP contribution in [0.2, 0.25) is 0 Å². The van der Waals surface area contributed by atoms with E-state index in [4.69, 9.17) is 10.7 Å². The lowest BCUT2D eigenvalue weighted by atomic mass is 10.2. The van der Waals surface area contributed by atoms with E-state index in [-0.39, 0.29) is 21.8 Å². The van der Waals surface area contributed by atoms with E-state index >= 15 is 0 Å². The summed E-state index contributed by atoms with van der Waals surface area (Å²) in [4.78, 5) is 29.3. The molecule has 0 radical (unpaired) electrons. The maximum absolute atomic E-state index is 11.8. The first-order valence-corrected chi connectivity index (χ1v) is 8.08. The van der Waals surface area contributed by atoms with Gasteiger partial charge >= 0.3 is 5.69 Å². The molecule has 0 bridgehead atoms. The molecule has 108 valence electrons. The number of aromatic nitrogens is 3. The Morgan fingerprint density at radius 2 is 2.05 bits per heavy atom. The molecular formula is C11H12ClN3O4S. The third kappa shape index (κ3) is 2.75. The van der Waals surface area contributed by atoms with E-state index in [1.54, 1.807) is 0 Å². The first-order chi connectivity index (χ1) is 9.20. The molecule has 0 atom stereocenters. The van der Waals surface area contributed by atoms with Crippen LogP contribution in [0.3, 0.4) is 0 Å². The lowest BCUT2D eigenvalue weighted by Gasteiger charge is -2.10. The number of rotatable bonds is 3. The second-order valence-electron chi connectivity index (χ2n) is 4.74. The zero-order chi connectivity index (χ0) is 15.1. The van der Waals surface area contributed by atoms with Crippen LogP contribution in [-0.4, -0.2) is 23.0 Å². The third-order valence-electron chi connectivity index (χ3n) is 2.64. The molecule has 20 heavy (non-hydrogen) atoms. The third-order valence-corrected chi connectivity index (χ3v) is 3.96. The Morgan fingerprint density at radius 1 is 1.40 bits per heavy atom. The summed E-state index contributed by atoms with van der Waals surface area (Å²) in [7, 11) is 1.23. The monoisotopic (exact) mass is 317 g/mol. The van der Waals surface area contributed by atoms with E-state index < -0.39 is 20.3 Å². The minimum Gasteiger partial charge on any atom is -0.277 e. The Bertz CT molecular complexity index is 883. The fourth-order valence-electron chi connectivity index (χ4n) is 1.82. The lowest BCUT2D eigenvalue weighted by Crippen LogP contribution is -2.32. The number of pyridine rings is 1. The minimum absolute atomic E-state index is 0.00646. The van der Waals surface area contributed by atoms with Gasteiger partial charge in [0.15, 0.2) is 0 Å². The first-order valence-electron chi connectivity index (χ1n) is 5.77. The molecule has 2 aromatic rings. The van der Waals surface area contributed by atoms with Crippen molar-refractivity contribution in [3.05, 3.63) is 33.1 Å². The zero-order valence-electron chi connectivity index (χ0n) is 10.8. The summed E-state index contributed by atoms with van der Waals surface area (Å²) >= 11 is 0. The number of H-pyrrole nitrogens is 1. The molecule has 2 aromatic heterocycles. The van der Waals surface area contributed by atoms with Crippen molar-refractivity contribution in [1.82, 2.24) is 14.5 Å². The van der Waals surface area contributed by atoms with Gasteiger partial charge in [-0.3, -0.25) is 14.3 Å². The van der Waals surface area contributed by atoms with Gasteiger partial charge in [-0.1, -0.05) is 13.8 Å². The van der Waals surface area contributed by atoms with Crippen molar-refractivity contribution in [2.24, 2.45) is 5.92 Å². The molecule has 9 heteroatoms. The van der Waals surface area contributed by atoms with Crippen LogP contribution in [0.1, 0.15) is 13.8 Å². The predicted octanol–water partition coefficient (Wildman–Crippen LogP) is 0.668. The molecule has 0 saturated heterocycles. The molecule has 0 spiro atoms. The maximum atomic E-state index is 11.8. The molecule has 0 aromatic carbocycles. The average molecular weight is 318 g/mol. The van der Waals surface area contributed by atoms with Crippen LogP contribution >= 0.6 is 10.7 Å². The number of aromatic amines is 1. The molecule has 0 amide bonds. The number of halogens is 1. The van der Waals surface area contributed by atoms with Crippen molar-refractivity contribution in [3.63, 3.8) is 0 Å². The molecule has 0 saturated carbocycles. The standard InChI is InChI=1S/C11H12ClN3O4S/c1-6(2)5-15-9-8(10(16)14-11(15)17)3-7(4-13-9)20(12,18)19/h3-4,6H,5H2,1-2H3,(H,14,16,17). The van der Waals surface area contributed by atoms with Crippen LogP contribution in [0.15, 0.2) is 26.7 Å². The summed E-state index contributed by atoms with van der Waals surface area (Å²) < 4.78 is 23.8. The van der Waals surface area contributed by atoms with Gasteiger partial charge in [0.1, 0.15) is 10.5 Å². The topological polar surface area (TPSA) is 102 Å². The minimum atomic E-state index is -3.99. The fraction of sp³-hybridized carbons (Fsp3) is 0.364. The number of hydrogen-bond acceptors (Lipinski definition) is 5. The second-order valence-corrected chi connectivity index (χ2v) is 7.31. The highest BCUT2D eigenvalue weighted by molar-refractivity contribution is 8.13. The van der Waals surface area contributed by atoms with Gasteiger partial charge in [-0.2, -0.15) is 0 Å². The Labute approximate surface area is 118 Å². The van der Waals surface area contributed by atoms with E-state index in [1.807, 2.05) is 13.8 Å². The quantitative estimate of drug-likeness (QED) is 0.838. The second kappa shape index (κ2) is 5.02. The molecule has 1 N–H and O–H groups in total. The van der Waals surface area contributed by atoms with Crippen molar-refractivity contribution in [3.8, 4) is 0 Å². The summed E-state index contributed by atoms with van der Waals surface area (Å²) in [6, 6.07) is 1.11. The van der Waals surface area contributed by atoms with Gasteiger partial charge in [0.25, 0.3) is 14.6 Å². The molecule has 0 unspecified atom stereocenters. The average Bonchev–Trinajstić information content (AvgIpc) is 2.32. The molecule has 0 aliphatic rings. The first kappa shape index (κ1) is 14.7. The van der Waals surface area contributed by atoms with Crippen LogP contribution < -0.4 is 11.2 Å². The van der Waals surface area contributed by atoms with E-state index in [0.717, 1.165) is 12.3 Å². The highest BCUT2D eigenvalue weighted by Crippen LogP contribution is 2.17. The largest absolute Gasteiger partial charge is 0.330 e. The normalized spacial score (nSPS) is 12.2. The van der Waals surface area contributed by atoms with Crippen LogP contribution in [0, 0.1) is 5.92 Å². The molecule has 0 aliphatic carbocycles. The van der Waals surface area contributed by atoms with Gasteiger partial charge in [-0.05, 0) is 12.0 Å². The number of fused-ring (bicyclic) bond motifs is 1. The van der Waals surface area contributed by atoms with Crippen molar-refractivity contribution in [2.45, 2.75) is 25.3 Å². The Balaban J connectivity index is 2.85. The van der Waals surface area contributed by atoms with E-state index in [9.17, 15) is 18.0 Å². The Kier molecular flexibility index (Phi) is 3.70. The molecule has 2 rings (SSSR count). The van der Waals surface area contributed by atoms with Gasteiger partial charge in [0, 0.05) is 23.4 Å². The maximum Gasteiger partial charge on any atom is 0.330 e. The molecule has 0 aliphatic heterocycles. The highest BCUT2D eigenvalue weighted by Gasteiger charge is 2.15. The van der Waals surface area contributed by atoms with Crippen molar-refractivity contribution >= 4 is 30.8 Å². The van der Waals surface area contributed by atoms with E-state index in [2.05, 4.69) is 9.97 Å². The molecular weight excluding hydrogens is 306 g/mol. The highest BCUT2D eigenvalue weighted by atomic mass is 35.7. The SMILES string of the molecule is CC(C)Cn1c(=O)[nH]c(=O)c2cc(S(=O)(=O)Cl)cnc21. The van der Waals surface area contributed by atoms with Crippen molar-refractivity contribution in [1.29, 1.82) is 0 Å². The predicted molar refractivity (Wildman–Crippen MR) is 74.5 cm³/mol. The smallest absolute Gasteiger partial charge is 0.277 e. The van der Waals surface area contributed by atoms with Gasteiger partial charge < -0.3 is 0 Å². The zero-order valence-corrected chi connectivity index (χ0v) is 12.3. The summed E-state index contributed by atoms with van der Waals surface area (Å²) in [6.07, 6.45) is 1.03. The van der Waals surface area contributed by atoms with E-state index in [1.165, 1.54) is 4.57 Å². The summed E-state index contributed by atoms with van der Waals surface area (Å²) in [5, 5.41) is 0.00646. The Morgan fingerprint density at radius 3 is 2.60 bits per heavy atom. The summed E-state index contributed by atoms with van der Waals surface area (Å²) in [6.45, 7) is 4.16. The van der Waals surface area contributed by atoms with E-state index in [0.29, 0.717) is 6.54 Å². The molecule has 0 fully saturated rings. The number of nitrogens with one attached hydrogen (secondary N) is 1. The van der Waals surface area contributed by atoms with Gasteiger partial charge in [-0.15, -0.1) is 0 Å². The molecule has 2 heterocycles. The fourth-order valence-corrected chi connectivity index (χ4v) is 2.51. The molecule has 7 nitrogen and oxygen atoms in total. The number of hydrogen-bond donors (Lipinski definition) is 1. The number of nitrogens with zero attached hydrogens (tertiary/aromatic N) is 2.